The normalized spacial score (nSPS) is 22.5. The van der Waals surface area contributed by atoms with Crippen LogP contribution in [-0.2, 0) is 15.8 Å². The van der Waals surface area contributed by atoms with E-state index < -0.39 is 11.7 Å². The van der Waals surface area contributed by atoms with Gasteiger partial charge in [0.2, 0.25) is 5.91 Å². The van der Waals surface area contributed by atoms with Gasteiger partial charge in [0.15, 0.2) is 11.5 Å². The van der Waals surface area contributed by atoms with Crippen LogP contribution < -0.4 is 10.6 Å². The number of anilines is 1. The molecule has 0 spiro atoms. The first-order valence-corrected chi connectivity index (χ1v) is 11.0. The fraction of sp³-hybridized carbons (Fsp3) is 0.619. The predicted molar refractivity (Wildman–Crippen MR) is 112 cm³/mol. The number of H-pyrrole nitrogens is 1. The molecular formula is C21H27F3N6O2. The van der Waals surface area contributed by atoms with Crippen LogP contribution in [0.15, 0.2) is 12.3 Å². The largest absolute Gasteiger partial charge is 0.417 e. The zero-order valence-corrected chi connectivity index (χ0v) is 17.8. The molecule has 2 aromatic rings. The Balaban J connectivity index is 1.22. The van der Waals surface area contributed by atoms with Crippen LogP contribution >= 0.6 is 0 Å². The third-order valence-corrected chi connectivity index (χ3v) is 6.45. The minimum Gasteiger partial charge on any atom is -0.359 e. The Kier molecular flexibility index (Phi) is 6.36. The summed E-state index contributed by atoms with van der Waals surface area (Å²) in [5.41, 5.74) is -0.660. The molecule has 1 saturated heterocycles. The first-order valence-electron chi connectivity index (χ1n) is 11.0. The summed E-state index contributed by atoms with van der Waals surface area (Å²) in [5.74, 6) is 0.477. The summed E-state index contributed by atoms with van der Waals surface area (Å²) in [4.78, 5) is 30.2. The maximum absolute atomic E-state index is 12.9. The number of pyridine rings is 1. The predicted octanol–water partition coefficient (Wildman–Crippen LogP) is 2.73. The molecule has 3 heterocycles. The smallest absolute Gasteiger partial charge is 0.359 e. The standard InChI is InChI=1S/C21H27F3N6O2/c1-2-17(31)12-3-5-15(6-4-12)30-10-14(11-30)27-18(32)9-26-20-16-7-13(21(22,23)24)8-25-19(16)28-29-20/h7-8,12,14-15H,2-6,9-11H2,1H3,(H,27,32)(H2,25,26,28,29). The van der Waals surface area contributed by atoms with Gasteiger partial charge in [-0.2, -0.15) is 18.3 Å². The number of nitrogens with zero attached hydrogens (tertiary/aromatic N) is 3. The third kappa shape index (κ3) is 4.87. The van der Waals surface area contributed by atoms with Crippen molar-refractivity contribution in [3.05, 3.63) is 17.8 Å². The van der Waals surface area contributed by atoms with Crippen LogP contribution in [0.25, 0.3) is 11.0 Å². The molecule has 1 aliphatic carbocycles. The topological polar surface area (TPSA) is 103 Å². The highest BCUT2D eigenvalue weighted by Gasteiger charge is 2.36. The molecule has 2 aliphatic rings. The Morgan fingerprint density at radius 3 is 2.59 bits per heavy atom. The monoisotopic (exact) mass is 452 g/mol. The number of amides is 1. The van der Waals surface area contributed by atoms with E-state index in [9.17, 15) is 22.8 Å². The average Bonchev–Trinajstić information content (AvgIpc) is 3.16. The van der Waals surface area contributed by atoms with E-state index in [2.05, 4.69) is 30.7 Å². The number of rotatable bonds is 7. The fourth-order valence-corrected chi connectivity index (χ4v) is 4.59. The van der Waals surface area contributed by atoms with E-state index in [4.69, 9.17) is 0 Å². The molecule has 1 saturated carbocycles. The maximum Gasteiger partial charge on any atom is 0.417 e. The lowest BCUT2D eigenvalue weighted by Gasteiger charge is -2.46. The van der Waals surface area contributed by atoms with Crippen LogP contribution in [0.3, 0.4) is 0 Å². The van der Waals surface area contributed by atoms with Crippen molar-refractivity contribution in [1.29, 1.82) is 0 Å². The number of hydrogen-bond donors (Lipinski definition) is 3. The number of aromatic nitrogens is 3. The van der Waals surface area contributed by atoms with E-state index in [1.54, 1.807) is 0 Å². The Morgan fingerprint density at radius 1 is 1.22 bits per heavy atom. The first-order chi connectivity index (χ1) is 15.2. The SMILES string of the molecule is CCC(=O)C1CCC(N2CC(NC(=O)CNc3n[nH]c4ncc(C(F)(F)F)cc34)C2)CC1. The fourth-order valence-electron chi connectivity index (χ4n) is 4.59. The minimum absolute atomic E-state index is 0.0497. The van der Waals surface area contributed by atoms with Crippen molar-refractivity contribution in [2.24, 2.45) is 5.92 Å². The van der Waals surface area contributed by atoms with Crippen molar-refractivity contribution in [2.75, 3.05) is 25.0 Å². The second-order valence-electron chi connectivity index (χ2n) is 8.59. The molecule has 0 radical (unpaired) electrons. The van der Waals surface area contributed by atoms with E-state index in [1.165, 1.54) is 0 Å². The highest BCUT2D eigenvalue weighted by molar-refractivity contribution is 5.90. The van der Waals surface area contributed by atoms with Gasteiger partial charge in [-0.3, -0.25) is 19.6 Å². The van der Waals surface area contributed by atoms with Crippen LogP contribution in [0.5, 0.6) is 0 Å². The summed E-state index contributed by atoms with van der Waals surface area (Å²) >= 11 is 0. The molecular weight excluding hydrogens is 425 g/mol. The number of hydrogen-bond acceptors (Lipinski definition) is 6. The summed E-state index contributed by atoms with van der Waals surface area (Å²) in [6.07, 6.45) is 0.753. The van der Waals surface area contributed by atoms with Gasteiger partial charge in [0, 0.05) is 37.7 Å². The molecule has 0 bridgehead atoms. The molecule has 32 heavy (non-hydrogen) atoms. The quantitative estimate of drug-likeness (QED) is 0.597. The molecule has 4 rings (SSSR count). The van der Waals surface area contributed by atoms with E-state index in [1.807, 2.05) is 6.92 Å². The number of halogens is 3. The van der Waals surface area contributed by atoms with Crippen molar-refractivity contribution in [2.45, 2.75) is 57.3 Å². The summed E-state index contributed by atoms with van der Waals surface area (Å²) in [7, 11) is 0. The molecule has 2 aromatic heterocycles. The van der Waals surface area contributed by atoms with E-state index in [0.29, 0.717) is 18.2 Å². The Morgan fingerprint density at radius 2 is 1.94 bits per heavy atom. The van der Waals surface area contributed by atoms with Gasteiger partial charge < -0.3 is 10.6 Å². The van der Waals surface area contributed by atoms with Gasteiger partial charge in [-0.15, -0.1) is 0 Å². The number of nitrogens with one attached hydrogen (secondary N) is 3. The van der Waals surface area contributed by atoms with Gasteiger partial charge in [-0.25, -0.2) is 4.98 Å². The molecule has 174 valence electrons. The number of aromatic amines is 1. The van der Waals surface area contributed by atoms with Crippen molar-refractivity contribution in [3.63, 3.8) is 0 Å². The second kappa shape index (κ2) is 9.05. The van der Waals surface area contributed by atoms with Crippen molar-refractivity contribution >= 4 is 28.5 Å². The summed E-state index contributed by atoms with van der Waals surface area (Å²) in [6, 6.07) is 1.47. The molecule has 1 amide bonds. The first kappa shape index (κ1) is 22.5. The van der Waals surface area contributed by atoms with E-state index in [0.717, 1.165) is 51.0 Å². The van der Waals surface area contributed by atoms with Crippen LogP contribution in [0.4, 0.5) is 19.0 Å². The number of carbonyl (C=O) groups excluding carboxylic acids is 2. The van der Waals surface area contributed by atoms with Gasteiger partial charge in [0.05, 0.1) is 23.5 Å². The van der Waals surface area contributed by atoms with Crippen LogP contribution in [0.1, 0.15) is 44.6 Å². The molecule has 8 nitrogen and oxygen atoms in total. The lowest BCUT2D eigenvalue weighted by molar-refractivity contribution is -0.137. The Hall–Kier alpha value is -2.69. The Labute approximate surface area is 183 Å². The number of ketones is 1. The van der Waals surface area contributed by atoms with Crippen molar-refractivity contribution in [3.8, 4) is 0 Å². The number of alkyl halides is 3. The number of likely N-dealkylation sites (tertiary alicyclic amines) is 1. The van der Waals surface area contributed by atoms with Gasteiger partial charge in [0.1, 0.15) is 5.78 Å². The molecule has 1 aliphatic heterocycles. The highest BCUT2D eigenvalue weighted by Crippen LogP contribution is 2.32. The van der Waals surface area contributed by atoms with Gasteiger partial charge in [-0.05, 0) is 31.7 Å². The summed E-state index contributed by atoms with van der Waals surface area (Å²) in [5, 5.41) is 12.4. The molecule has 0 unspecified atom stereocenters. The van der Waals surface area contributed by atoms with Gasteiger partial charge >= 0.3 is 6.18 Å². The van der Waals surface area contributed by atoms with Crippen LogP contribution in [-0.4, -0.2) is 63.5 Å². The van der Waals surface area contributed by atoms with E-state index >= 15 is 0 Å². The van der Waals surface area contributed by atoms with E-state index in [-0.39, 0.29) is 41.3 Å². The lowest BCUT2D eigenvalue weighted by Crippen LogP contribution is -2.63. The van der Waals surface area contributed by atoms with Crippen LogP contribution in [0, 0.1) is 5.92 Å². The minimum atomic E-state index is -4.51. The van der Waals surface area contributed by atoms with Crippen LogP contribution in [0.2, 0.25) is 0 Å². The number of carbonyl (C=O) groups is 2. The van der Waals surface area contributed by atoms with Gasteiger partial charge in [0.25, 0.3) is 0 Å². The molecule has 0 aromatic carbocycles. The molecule has 2 fully saturated rings. The maximum atomic E-state index is 12.9. The third-order valence-electron chi connectivity index (χ3n) is 6.45. The number of Topliss-reactive ketones (excluding diaryl/α,β-unsaturated/α-hetero) is 1. The van der Waals surface area contributed by atoms with Crippen molar-refractivity contribution < 1.29 is 22.8 Å². The average molecular weight is 452 g/mol. The van der Waals surface area contributed by atoms with Crippen molar-refractivity contribution in [1.82, 2.24) is 25.4 Å². The summed E-state index contributed by atoms with van der Waals surface area (Å²) in [6.45, 7) is 3.36. The summed E-state index contributed by atoms with van der Waals surface area (Å²) < 4.78 is 38.8. The van der Waals surface area contributed by atoms with Gasteiger partial charge in [-0.1, -0.05) is 6.92 Å². The lowest BCUT2D eigenvalue weighted by atomic mass is 9.81. The second-order valence-corrected chi connectivity index (χ2v) is 8.59. The molecule has 3 N–H and O–H groups in total. The molecule has 11 heteroatoms. The number of fused-ring (bicyclic) bond motifs is 1. The Bertz CT molecular complexity index is 978. The zero-order valence-electron chi connectivity index (χ0n) is 17.8. The highest BCUT2D eigenvalue weighted by atomic mass is 19.4. The zero-order chi connectivity index (χ0) is 22.9. The molecule has 0 atom stereocenters.